The molecule has 0 rings (SSSR count). The highest BCUT2D eigenvalue weighted by Gasteiger charge is 2.23. The summed E-state index contributed by atoms with van der Waals surface area (Å²) in [5.41, 5.74) is 0. The number of carbonyl (C=O) groups is 3. The van der Waals surface area contributed by atoms with Gasteiger partial charge in [0.25, 0.3) is 10.2 Å². The fourth-order valence-corrected chi connectivity index (χ4v) is 1.63. The smallest absolute Gasteiger partial charge is 0.407 e. The van der Waals surface area contributed by atoms with Gasteiger partial charge in [-0.1, -0.05) is 0 Å². The Morgan fingerprint density at radius 3 is 2.23 bits per heavy atom. The number of hydrogen-bond acceptors (Lipinski definition) is 10. The van der Waals surface area contributed by atoms with Gasteiger partial charge in [-0.2, -0.15) is 0 Å². The fraction of sp³-hybridized carbons (Fsp3) is 0.727. The van der Waals surface area contributed by atoms with Crippen molar-refractivity contribution in [2.45, 2.75) is 37.8 Å². The zero-order chi connectivity index (χ0) is 20.1. The van der Waals surface area contributed by atoms with Gasteiger partial charge in [0.15, 0.2) is 0 Å². The molecule has 1 amide bonds. The van der Waals surface area contributed by atoms with Gasteiger partial charge in [0, 0.05) is 0 Å². The van der Waals surface area contributed by atoms with E-state index in [1.807, 2.05) is 5.32 Å². The van der Waals surface area contributed by atoms with Gasteiger partial charge in [0.05, 0.1) is 13.0 Å². The van der Waals surface area contributed by atoms with E-state index < -0.39 is 53.4 Å². The molecule has 3 N–H and O–H groups in total. The van der Waals surface area contributed by atoms with E-state index in [1.165, 1.54) is 0 Å². The summed E-state index contributed by atoms with van der Waals surface area (Å²) in [6.45, 7) is -0.850. The maximum Gasteiger partial charge on any atom is 0.407 e. The second-order valence-corrected chi connectivity index (χ2v) is 4.74. The predicted molar refractivity (Wildman–Crippen MR) is 76.8 cm³/mol. The zero-order valence-corrected chi connectivity index (χ0v) is 13.3. The van der Waals surface area contributed by atoms with E-state index in [4.69, 9.17) is 10.2 Å². The van der Waals surface area contributed by atoms with Crippen molar-refractivity contribution in [2.24, 2.45) is 0 Å². The topological polar surface area (TPSA) is 218 Å². The van der Waals surface area contributed by atoms with E-state index in [0.717, 1.165) is 0 Å². The Labute approximate surface area is 145 Å². The van der Waals surface area contributed by atoms with Crippen molar-refractivity contribution in [2.75, 3.05) is 13.2 Å². The normalized spacial score (nSPS) is 12.3. The summed E-state index contributed by atoms with van der Waals surface area (Å²) >= 11 is 0. The van der Waals surface area contributed by atoms with Crippen molar-refractivity contribution in [1.82, 2.24) is 5.32 Å². The fourth-order valence-electron chi connectivity index (χ4n) is 1.63. The molecule has 15 heteroatoms. The zero-order valence-electron chi connectivity index (χ0n) is 13.3. The Morgan fingerprint density at radius 2 is 1.73 bits per heavy atom. The summed E-state index contributed by atoms with van der Waals surface area (Å²) in [5, 5.41) is 37.2. The summed E-state index contributed by atoms with van der Waals surface area (Å²) in [6.07, 6.45) is -2.77. The summed E-state index contributed by atoms with van der Waals surface area (Å²) < 4.78 is 4.64. The summed E-state index contributed by atoms with van der Waals surface area (Å²) in [4.78, 5) is 61.1. The SMILES string of the molecule is O=C(O)CC(NC(=O)OCCCCC(CO[N+](=O)[O-])O[N+](=O)[O-])C(=O)O. The van der Waals surface area contributed by atoms with Crippen LogP contribution in [0.4, 0.5) is 4.79 Å². The molecule has 0 aliphatic heterocycles. The number of amides is 1. The van der Waals surface area contributed by atoms with Gasteiger partial charge >= 0.3 is 18.0 Å². The van der Waals surface area contributed by atoms with Crippen LogP contribution in [0.3, 0.4) is 0 Å². The molecule has 0 saturated carbocycles. The van der Waals surface area contributed by atoms with Crippen LogP contribution in [0.5, 0.6) is 0 Å². The number of nitrogens with zero attached hydrogens (tertiary/aromatic N) is 2. The lowest BCUT2D eigenvalue weighted by molar-refractivity contribution is -0.790. The van der Waals surface area contributed by atoms with Crippen LogP contribution < -0.4 is 5.32 Å². The van der Waals surface area contributed by atoms with Crippen LogP contribution in [-0.2, 0) is 24.0 Å². The average molecular weight is 383 g/mol. The first-order valence-corrected chi connectivity index (χ1v) is 7.08. The van der Waals surface area contributed by atoms with Gasteiger partial charge in [-0.25, -0.2) is 9.59 Å². The van der Waals surface area contributed by atoms with E-state index in [9.17, 15) is 34.6 Å². The van der Waals surface area contributed by atoms with Gasteiger partial charge in [-0.05, 0) is 19.3 Å². The molecule has 26 heavy (non-hydrogen) atoms. The lowest BCUT2D eigenvalue weighted by Crippen LogP contribution is -2.42. The van der Waals surface area contributed by atoms with Crippen LogP contribution in [0.1, 0.15) is 25.7 Å². The number of aliphatic carboxylic acids is 2. The van der Waals surface area contributed by atoms with Gasteiger partial charge < -0.3 is 29.9 Å². The average Bonchev–Trinajstić information content (AvgIpc) is 2.50. The number of carboxylic acids is 2. The van der Waals surface area contributed by atoms with Gasteiger partial charge in [-0.3, -0.25) is 4.79 Å². The minimum Gasteiger partial charge on any atom is -0.481 e. The maximum atomic E-state index is 11.4. The molecular formula is C11H17N3O12. The van der Waals surface area contributed by atoms with Crippen molar-refractivity contribution in [3.63, 3.8) is 0 Å². The number of nitrogens with one attached hydrogen (secondary N) is 1. The Morgan fingerprint density at radius 1 is 1.08 bits per heavy atom. The molecule has 0 aliphatic rings. The first-order chi connectivity index (χ1) is 12.1. The van der Waals surface area contributed by atoms with Crippen LogP contribution >= 0.6 is 0 Å². The molecule has 15 nitrogen and oxygen atoms in total. The molecule has 0 aliphatic carbocycles. The molecule has 2 unspecified atom stereocenters. The molecule has 0 spiro atoms. The van der Waals surface area contributed by atoms with Crippen molar-refractivity contribution in [3.05, 3.63) is 20.2 Å². The van der Waals surface area contributed by atoms with Crippen molar-refractivity contribution < 1.29 is 49.2 Å². The standard InChI is InChI=1S/C11H17N3O12/c15-9(16)5-8(10(17)18)12-11(19)24-4-2-1-3-7(26-14(22)23)6-25-13(20)21/h7-8H,1-6H2,(H,12,19)(H,15,16)(H,17,18). The molecular weight excluding hydrogens is 366 g/mol. The molecule has 0 aromatic rings. The van der Waals surface area contributed by atoms with Gasteiger partial charge in [0.2, 0.25) is 0 Å². The molecule has 0 radical (unpaired) electrons. The highest BCUT2D eigenvalue weighted by atomic mass is 17.0. The minimum absolute atomic E-state index is 0.00341. The van der Waals surface area contributed by atoms with E-state index in [-0.39, 0.29) is 25.9 Å². The van der Waals surface area contributed by atoms with Crippen LogP contribution in [-0.4, -0.2) is 63.8 Å². The first kappa shape index (κ1) is 22.6. The summed E-state index contributed by atoms with van der Waals surface area (Å²) in [7, 11) is 0. The van der Waals surface area contributed by atoms with E-state index in [1.54, 1.807) is 0 Å². The van der Waals surface area contributed by atoms with E-state index >= 15 is 0 Å². The van der Waals surface area contributed by atoms with Gasteiger partial charge in [0.1, 0.15) is 18.8 Å². The lowest BCUT2D eigenvalue weighted by Gasteiger charge is -2.14. The molecule has 0 aromatic heterocycles. The molecule has 0 bridgehead atoms. The number of unbranched alkanes of at least 4 members (excludes halogenated alkanes) is 1. The Kier molecular flexibility index (Phi) is 10.5. The molecule has 2 atom stereocenters. The van der Waals surface area contributed by atoms with E-state index in [2.05, 4.69) is 14.4 Å². The molecule has 148 valence electrons. The van der Waals surface area contributed by atoms with Crippen LogP contribution in [0, 0.1) is 20.2 Å². The number of rotatable bonds is 14. The number of ether oxygens (including phenoxy) is 1. The summed E-state index contributed by atoms with van der Waals surface area (Å²) in [6, 6.07) is -1.66. The Bertz CT molecular complexity index is 525. The highest BCUT2D eigenvalue weighted by Crippen LogP contribution is 2.07. The van der Waals surface area contributed by atoms with E-state index in [0.29, 0.717) is 0 Å². The number of hydrogen-bond donors (Lipinski definition) is 3. The monoisotopic (exact) mass is 383 g/mol. The second-order valence-electron chi connectivity index (χ2n) is 4.74. The molecule has 0 saturated heterocycles. The minimum atomic E-state index is -1.66. The largest absolute Gasteiger partial charge is 0.481 e. The third-order valence-electron chi connectivity index (χ3n) is 2.72. The van der Waals surface area contributed by atoms with Crippen LogP contribution in [0.25, 0.3) is 0 Å². The maximum absolute atomic E-state index is 11.4. The third-order valence-corrected chi connectivity index (χ3v) is 2.72. The number of carbonyl (C=O) groups excluding carboxylic acids is 1. The van der Waals surface area contributed by atoms with Crippen LogP contribution in [0.15, 0.2) is 0 Å². The number of carboxylic acid groups (broad SMARTS) is 2. The Hall–Kier alpha value is -3.39. The van der Waals surface area contributed by atoms with Crippen LogP contribution in [0.2, 0.25) is 0 Å². The lowest BCUT2D eigenvalue weighted by atomic mass is 10.2. The first-order valence-electron chi connectivity index (χ1n) is 7.08. The predicted octanol–water partition coefficient (Wildman–Crippen LogP) is -0.404. The molecule has 0 fully saturated rings. The molecule has 0 aromatic carbocycles. The van der Waals surface area contributed by atoms with Crippen molar-refractivity contribution in [3.8, 4) is 0 Å². The second kappa shape index (κ2) is 12.0. The van der Waals surface area contributed by atoms with Gasteiger partial charge in [-0.15, -0.1) is 20.2 Å². The Balaban J connectivity index is 4.11. The van der Waals surface area contributed by atoms with Crippen molar-refractivity contribution in [1.29, 1.82) is 0 Å². The highest BCUT2D eigenvalue weighted by molar-refractivity contribution is 5.84. The molecule has 0 heterocycles. The van der Waals surface area contributed by atoms with Crippen molar-refractivity contribution >= 4 is 18.0 Å². The quantitative estimate of drug-likeness (QED) is 0.198. The third kappa shape index (κ3) is 12.1. The number of alkyl carbamates (subject to hydrolysis) is 1. The summed E-state index contributed by atoms with van der Waals surface area (Å²) in [5.74, 6) is -2.97.